The van der Waals surface area contributed by atoms with Gasteiger partial charge in [-0.2, -0.15) is 0 Å². The molecule has 5 heteroatoms. The van der Waals surface area contributed by atoms with Crippen LogP contribution >= 0.6 is 0 Å². The number of benzene rings is 1. The molecule has 0 aromatic heterocycles. The highest BCUT2D eigenvalue weighted by atomic mass is 32.2. The number of fused-ring (bicyclic) bond motifs is 1. The lowest BCUT2D eigenvalue weighted by atomic mass is 10.1. The van der Waals surface area contributed by atoms with Gasteiger partial charge >= 0.3 is 0 Å². The maximum atomic E-state index is 11.7. The van der Waals surface area contributed by atoms with E-state index < -0.39 is 10.0 Å². The van der Waals surface area contributed by atoms with Gasteiger partial charge in [-0.25, -0.2) is 13.1 Å². The molecule has 1 aromatic rings. The van der Waals surface area contributed by atoms with Gasteiger partial charge in [0.15, 0.2) is 0 Å². The molecule has 0 radical (unpaired) electrons. The minimum absolute atomic E-state index is 0.380. The van der Waals surface area contributed by atoms with Crippen molar-refractivity contribution < 1.29 is 13.2 Å². The van der Waals surface area contributed by atoms with Crippen molar-refractivity contribution in [3.63, 3.8) is 0 Å². The fourth-order valence-corrected chi connectivity index (χ4v) is 3.19. The molecule has 0 fully saturated rings. The van der Waals surface area contributed by atoms with E-state index in [2.05, 4.69) is 18.6 Å². The molecule has 0 saturated heterocycles. The van der Waals surface area contributed by atoms with E-state index in [9.17, 15) is 8.42 Å². The lowest BCUT2D eigenvalue weighted by Gasteiger charge is -2.18. The second-order valence-corrected chi connectivity index (χ2v) is 6.68. The van der Waals surface area contributed by atoms with Crippen molar-refractivity contribution in [2.24, 2.45) is 5.92 Å². The van der Waals surface area contributed by atoms with Gasteiger partial charge in [0.1, 0.15) is 5.75 Å². The highest BCUT2D eigenvalue weighted by molar-refractivity contribution is 7.89. The molecule has 1 aliphatic heterocycles. The molecule has 0 unspecified atom stereocenters. The molecular formula is C13H19NO3S. The number of ether oxygens (including phenoxy) is 1. The summed E-state index contributed by atoms with van der Waals surface area (Å²) in [7, 11) is -3.30. The number of rotatable bonds is 4. The van der Waals surface area contributed by atoms with Crippen LogP contribution in [0.3, 0.4) is 0 Å². The van der Waals surface area contributed by atoms with Crippen molar-refractivity contribution in [2.45, 2.75) is 31.6 Å². The molecule has 1 aliphatic rings. The topological polar surface area (TPSA) is 55.4 Å². The van der Waals surface area contributed by atoms with E-state index >= 15 is 0 Å². The summed E-state index contributed by atoms with van der Waals surface area (Å²) < 4.78 is 31.6. The van der Waals surface area contributed by atoms with Gasteiger partial charge < -0.3 is 4.74 Å². The lowest BCUT2D eigenvalue weighted by molar-refractivity contribution is 0.289. The smallest absolute Gasteiger partial charge is 0.240 e. The first-order valence-electron chi connectivity index (χ1n) is 6.24. The third-order valence-corrected chi connectivity index (χ3v) is 4.53. The molecule has 0 spiro atoms. The first kappa shape index (κ1) is 13.4. The zero-order valence-electron chi connectivity index (χ0n) is 10.8. The van der Waals surface area contributed by atoms with E-state index in [0.717, 1.165) is 24.2 Å². The zero-order chi connectivity index (χ0) is 13.2. The van der Waals surface area contributed by atoms with E-state index in [-0.39, 0.29) is 0 Å². The number of nitrogens with one attached hydrogen (secondary N) is 1. The van der Waals surface area contributed by atoms with Gasteiger partial charge in [-0.3, -0.25) is 0 Å². The highest BCUT2D eigenvalue weighted by Gasteiger charge is 2.22. The molecule has 4 nitrogen and oxygen atoms in total. The normalized spacial score (nSPS) is 17.5. The molecule has 18 heavy (non-hydrogen) atoms. The van der Waals surface area contributed by atoms with Crippen molar-refractivity contribution in [3.8, 4) is 5.75 Å². The summed E-state index contributed by atoms with van der Waals surface area (Å²) in [6.45, 7) is 5.43. The Labute approximate surface area is 108 Å². The van der Waals surface area contributed by atoms with Gasteiger partial charge in [-0.15, -0.1) is 0 Å². The van der Waals surface area contributed by atoms with Crippen molar-refractivity contribution in [3.05, 3.63) is 23.8 Å². The second kappa shape index (κ2) is 5.28. The average molecular weight is 269 g/mol. The molecule has 1 aromatic carbocycles. The van der Waals surface area contributed by atoms with Gasteiger partial charge in [0.05, 0.1) is 11.5 Å². The number of sulfonamides is 1. The van der Waals surface area contributed by atoms with Crippen LogP contribution in [0.1, 0.15) is 25.8 Å². The highest BCUT2D eigenvalue weighted by Crippen LogP contribution is 2.25. The van der Waals surface area contributed by atoms with Crippen LogP contribution < -0.4 is 9.46 Å². The van der Waals surface area contributed by atoms with E-state index in [1.807, 2.05) is 6.07 Å². The molecular weight excluding hydrogens is 250 g/mol. The minimum Gasteiger partial charge on any atom is -0.494 e. The third-order valence-electron chi connectivity index (χ3n) is 2.97. The summed E-state index contributed by atoms with van der Waals surface area (Å²) >= 11 is 0. The molecule has 1 heterocycles. The second-order valence-electron chi connectivity index (χ2n) is 4.95. The minimum atomic E-state index is -3.30. The zero-order valence-corrected chi connectivity index (χ0v) is 11.6. The van der Waals surface area contributed by atoms with Crippen molar-refractivity contribution in [1.82, 2.24) is 4.72 Å². The van der Waals surface area contributed by atoms with Gasteiger partial charge in [-0.1, -0.05) is 13.8 Å². The predicted molar refractivity (Wildman–Crippen MR) is 70.3 cm³/mol. The molecule has 0 aliphatic carbocycles. The fraction of sp³-hybridized carbons (Fsp3) is 0.538. The summed E-state index contributed by atoms with van der Waals surface area (Å²) in [4.78, 5) is 0.380. The maximum absolute atomic E-state index is 11.7. The van der Waals surface area contributed by atoms with E-state index in [1.54, 1.807) is 12.1 Å². The quantitative estimate of drug-likeness (QED) is 0.909. The van der Waals surface area contributed by atoms with Crippen LogP contribution in [0.15, 0.2) is 23.1 Å². The number of hydrogen-bond acceptors (Lipinski definition) is 3. The van der Waals surface area contributed by atoms with Gasteiger partial charge in [0, 0.05) is 6.54 Å². The van der Waals surface area contributed by atoms with E-state index in [0.29, 0.717) is 24.0 Å². The molecule has 100 valence electrons. The first-order chi connectivity index (χ1) is 8.49. The van der Waals surface area contributed by atoms with Gasteiger partial charge in [-0.05, 0) is 42.5 Å². The van der Waals surface area contributed by atoms with E-state index in [4.69, 9.17) is 4.74 Å². The van der Waals surface area contributed by atoms with Gasteiger partial charge in [0.25, 0.3) is 0 Å². The summed E-state index contributed by atoms with van der Waals surface area (Å²) in [5.41, 5.74) is 0.843. The maximum Gasteiger partial charge on any atom is 0.240 e. The molecule has 0 atom stereocenters. The summed E-state index contributed by atoms with van der Waals surface area (Å²) in [5, 5.41) is 0. The molecule has 0 saturated carbocycles. The Bertz CT molecular complexity index is 523. The van der Waals surface area contributed by atoms with Crippen LogP contribution in [-0.4, -0.2) is 21.6 Å². The van der Waals surface area contributed by atoms with Gasteiger partial charge in [0.2, 0.25) is 10.0 Å². The number of hydrogen-bond donors (Lipinski definition) is 1. The predicted octanol–water partition coefficient (Wildman–Crippen LogP) is 1.95. The first-order valence-corrected chi connectivity index (χ1v) is 7.73. The van der Waals surface area contributed by atoms with Crippen LogP contribution in [0.25, 0.3) is 0 Å². The average Bonchev–Trinajstić information content (AvgIpc) is 2.27. The van der Waals surface area contributed by atoms with Crippen molar-refractivity contribution in [1.29, 1.82) is 0 Å². The summed E-state index contributed by atoms with van der Waals surface area (Å²) in [6.07, 6.45) is 1.72. The summed E-state index contributed by atoms with van der Waals surface area (Å²) in [6, 6.07) is 5.19. The molecule has 0 amide bonds. The standard InChI is InChI=1S/C13H19NO3S/c1-10(2)6-8-17-12-3-4-13-11(9-12)5-7-14-18(13,15)16/h3-4,9-10,14H,5-8H2,1-2H3. The van der Waals surface area contributed by atoms with Crippen LogP contribution in [0.4, 0.5) is 0 Å². The Morgan fingerprint density at radius 3 is 2.89 bits per heavy atom. The van der Waals surface area contributed by atoms with Crippen LogP contribution in [-0.2, 0) is 16.4 Å². The molecule has 1 N–H and O–H groups in total. The van der Waals surface area contributed by atoms with Crippen molar-refractivity contribution in [2.75, 3.05) is 13.2 Å². The Kier molecular flexibility index (Phi) is 3.92. The lowest BCUT2D eigenvalue weighted by Crippen LogP contribution is -2.31. The van der Waals surface area contributed by atoms with Crippen LogP contribution in [0, 0.1) is 5.92 Å². The third kappa shape index (κ3) is 3.03. The SMILES string of the molecule is CC(C)CCOc1ccc2c(c1)CCNS2(=O)=O. The Hall–Kier alpha value is -1.07. The van der Waals surface area contributed by atoms with Crippen molar-refractivity contribution >= 4 is 10.0 Å². The monoisotopic (exact) mass is 269 g/mol. The molecule has 0 bridgehead atoms. The Morgan fingerprint density at radius 2 is 2.17 bits per heavy atom. The Morgan fingerprint density at radius 1 is 1.39 bits per heavy atom. The largest absolute Gasteiger partial charge is 0.494 e. The summed E-state index contributed by atoms with van der Waals surface area (Å²) in [5.74, 6) is 1.36. The fourth-order valence-electron chi connectivity index (χ4n) is 1.91. The van der Waals surface area contributed by atoms with E-state index in [1.165, 1.54) is 0 Å². The van der Waals surface area contributed by atoms with Crippen LogP contribution in [0.5, 0.6) is 5.75 Å². The molecule has 2 rings (SSSR count). The Balaban J connectivity index is 2.13. The van der Waals surface area contributed by atoms with Crippen LogP contribution in [0.2, 0.25) is 0 Å².